The summed E-state index contributed by atoms with van der Waals surface area (Å²) in [5, 5.41) is -0.0600. The molecule has 1 fully saturated rings. The van der Waals surface area contributed by atoms with Gasteiger partial charge in [0, 0.05) is 37.7 Å². The first-order valence-electron chi connectivity index (χ1n) is 9.43. The first-order chi connectivity index (χ1) is 14.8. The third-order valence-corrected chi connectivity index (χ3v) is 5.69. The second-order valence-electron chi connectivity index (χ2n) is 7.31. The van der Waals surface area contributed by atoms with Crippen molar-refractivity contribution < 1.29 is 35.5 Å². The summed E-state index contributed by atoms with van der Waals surface area (Å²) in [5.41, 5.74) is -0.600. The number of carbonyl (C=O) groups is 1. The van der Waals surface area contributed by atoms with E-state index in [0.717, 1.165) is 30.5 Å². The Morgan fingerprint density at radius 1 is 1.16 bits per heavy atom. The number of anilines is 1. The molecular weight excluding hydrogens is 476 g/mol. The summed E-state index contributed by atoms with van der Waals surface area (Å²) in [5.74, 6) is -2.14. The molecule has 0 aliphatic carbocycles. The van der Waals surface area contributed by atoms with Crippen LogP contribution in [0.25, 0.3) is 0 Å². The van der Waals surface area contributed by atoms with Gasteiger partial charge < -0.3 is 9.64 Å². The van der Waals surface area contributed by atoms with Crippen LogP contribution in [0.1, 0.15) is 28.8 Å². The van der Waals surface area contributed by atoms with E-state index in [1.165, 1.54) is 12.1 Å². The van der Waals surface area contributed by atoms with E-state index in [1.54, 1.807) is 4.72 Å². The first kappa shape index (κ1) is 24.1. The van der Waals surface area contributed by atoms with Crippen LogP contribution in [0, 0.1) is 5.82 Å². The second kappa shape index (κ2) is 9.14. The SMILES string of the molecule is CS(=O)(=O)NC(=O)c1cc(Cl)c(OC2CCN(c3ccc(C(F)(F)F)cc3)CC2)cc1F. The van der Waals surface area contributed by atoms with Crippen LogP contribution in [0.15, 0.2) is 36.4 Å². The number of alkyl halides is 3. The highest BCUT2D eigenvalue weighted by Crippen LogP contribution is 2.33. The maximum atomic E-state index is 14.3. The molecule has 1 N–H and O–H groups in total. The van der Waals surface area contributed by atoms with E-state index in [9.17, 15) is 30.8 Å². The van der Waals surface area contributed by atoms with Crippen molar-refractivity contribution in [3.05, 3.63) is 58.4 Å². The van der Waals surface area contributed by atoms with Gasteiger partial charge in [-0.3, -0.25) is 4.79 Å². The van der Waals surface area contributed by atoms with Gasteiger partial charge >= 0.3 is 6.18 Å². The van der Waals surface area contributed by atoms with Gasteiger partial charge in [0.15, 0.2) is 0 Å². The minimum absolute atomic E-state index is 0.00746. The molecule has 0 unspecified atom stereocenters. The maximum Gasteiger partial charge on any atom is 0.416 e. The van der Waals surface area contributed by atoms with Crippen molar-refractivity contribution in [1.29, 1.82) is 0 Å². The predicted octanol–water partition coefficient (Wildman–Crippen LogP) is 4.24. The largest absolute Gasteiger partial charge is 0.489 e. The van der Waals surface area contributed by atoms with Crippen LogP contribution in [0.3, 0.4) is 0 Å². The summed E-state index contributed by atoms with van der Waals surface area (Å²) < 4.78 is 82.2. The van der Waals surface area contributed by atoms with Crippen molar-refractivity contribution >= 4 is 33.2 Å². The molecule has 6 nitrogen and oxygen atoms in total. The number of hydrogen-bond donors (Lipinski definition) is 1. The number of ether oxygens (including phenoxy) is 1. The maximum absolute atomic E-state index is 14.3. The zero-order valence-corrected chi connectivity index (χ0v) is 18.3. The summed E-state index contributed by atoms with van der Waals surface area (Å²) in [4.78, 5) is 13.8. The van der Waals surface area contributed by atoms with Gasteiger partial charge in [0.25, 0.3) is 5.91 Å². The number of halogens is 5. The molecule has 0 bridgehead atoms. The lowest BCUT2D eigenvalue weighted by Gasteiger charge is -2.34. The standard InChI is InChI=1S/C20H19ClF4N2O4S/c1-32(29,30)26-19(28)15-10-16(21)18(11-17(15)22)31-14-6-8-27(9-7-14)13-4-2-12(3-5-13)20(23,24)25/h2-5,10-11,14H,6-9H2,1H3,(H,26,28). The molecule has 0 radical (unpaired) electrons. The number of carbonyl (C=O) groups excluding carboxylic acids is 1. The van der Waals surface area contributed by atoms with Crippen LogP contribution in [-0.4, -0.2) is 39.8 Å². The molecule has 0 saturated carbocycles. The third kappa shape index (κ3) is 6.04. The fourth-order valence-corrected chi connectivity index (χ4v) is 3.94. The quantitative estimate of drug-likeness (QED) is 0.629. The van der Waals surface area contributed by atoms with E-state index >= 15 is 0 Å². The van der Waals surface area contributed by atoms with Crippen LogP contribution >= 0.6 is 11.6 Å². The van der Waals surface area contributed by atoms with Crippen molar-refractivity contribution in [2.45, 2.75) is 25.1 Å². The summed E-state index contributed by atoms with van der Waals surface area (Å²) in [6, 6.07) is 6.79. The molecule has 12 heteroatoms. The fraction of sp³-hybridized carbons (Fsp3) is 0.350. The lowest BCUT2D eigenvalue weighted by atomic mass is 10.1. The highest BCUT2D eigenvalue weighted by Gasteiger charge is 2.30. The number of rotatable bonds is 5. The lowest BCUT2D eigenvalue weighted by molar-refractivity contribution is -0.137. The van der Waals surface area contributed by atoms with Crippen molar-refractivity contribution in [2.75, 3.05) is 24.2 Å². The minimum atomic E-state index is -4.39. The van der Waals surface area contributed by atoms with Gasteiger partial charge in [0.05, 0.1) is 22.4 Å². The number of nitrogens with one attached hydrogen (secondary N) is 1. The monoisotopic (exact) mass is 494 g/mol. The van der Waals surface area contributed by atoms with Gasteiger partial charge in [-0.15, -0.1) is 0 Å². The summed E-state index contributed by atoms with van der Waals surface area (Å²) >= 11 is 6.09. The van der Waals surface area contributed by atoms with E-state index in [2.05, 4.69) is 0 Å². The fourth-order valence-electron chi connectivity index (χ4n) is 3.29. The number of benzene rings is 2. The molecule has 1 heterocycles. The molecule has 2 aromatic carbocycles. The Morgan fingerprint density at radius 3 is 2.28 bits per heavy atom. The summed E-state index contributed by atoms with van der Waals surface area (Å²) in [6.07, 6.45) is -2.94. The Bertz CT molecular complexity index is 1100. The van der Waals surface area contributed by atoms with E-state index in [1.807, 2.05) is 4.90 Å². The Kier molecular flexibility index (Phi) is 6.89. The summed E-state index contributed by atoms with van der Waals surface area (Å²) in [6.45, 7) is 1.01. The number of hydrogen-bond acceptors (Lipinski definition) is 5. The normalized spacial score (nSPS) is 15.5. The smallest absolute Gasteiger partial charge is 0.416 e. The average Bonchev–Trinajstić information content (AvgIpc) is 2.69. The molecule has 0 atom stereocenters. The number of piperidine rings is 1. The van der Waals surface area contributed by atoms with Crippen molar-refractivity contribution in [3.63, 3.8) is 0 Å². The molecule has 0 aromatic heterocycles. The molecular formula is C20H19ClF4N2O4S. The van der Waals surface area contributed by atoms with Crippen molar-refractivity contribution in [3.8, 4) is 5.75 Å². The highest BCUT2D eigenvalue weighted by molar-refractivity contribution is 7.89. The average molecular weight is 495 g/mol. The summed E-state index contributed by atoms with van der Waals surface area (Å²) in [7, 11) is -3.87. The zero-order valence-electron chi connectivity index (χ0n) is 16.7. The van der Waals surface area contributed by atoms with Crippen LogP contribution in [-0.2, 0) is 16.2 Å². The van der Waals surface area contributed by atoms with Gasteiger partial charge in [-0.1, -0.05) is 11.6 Å². The van der Waals surface area contributed by atoms with Gasteiger partial charge in [0.2, 0.25) is 10.0 Å². The van der Waals surface area contributed by atoms with Crippen LogP contribution < -0.4 is 14.4 Å². The molecule has 1 aliphatic heterocycles. The van der Waals surface area contributed by atoms with Crippen molar-refractivity contribution in [2.24, 2.45) is 0 Å². The third-order valence-electron chi connectivity index (χ3n) is 4.84. The number of amides is 1. The van der Waals surface area contributed by atoms with Crippen molar-refractivity contribution in [1.82, 2.24) is 4.72 Å². The van der Waals surface area contributed by atoms with Crippen LogP contribution in [0.4, 0.5) is 23.2 Å². The highest BCUT2D eigenvalue weighted by atomic mass is 35.5. The lowest BCUT2D eigenvalue weighted by Crippen LogP contribution is -2.38. The Morgan fingerprint density at radius 2 is 1.75 bits per heavy atom. The second-order valence-corrected chi connectivity index (χ2v) is 9.47. The first-order valence-corrected chi connectivity index (χ1v) is 11.7. The van der Waals surface area contributed by atoms with Gasteiger partial charge in [0.1, 0.15) is 17.7 Å². The van der Waals surface area contributed by atoms with Crippen LogP contribution in [0.5, 0.6) is 5.75 Å². The van der Waals surface area contributed by atoms with Crippen LogP contribution in [0.2, 0.25) is 5.02 Å². The zero-order chi connectivity index (χ0) is 23.7. The minimum Gasteiger partial charge on any atom is -0.489 e. The topological polar surface area (TPSA) is 75.7 Å². The van der Waals surface area contributed by atoms with Gasteiger partial charge in [-0.05, 0) is 30.3 Å². The van der Waals surface area contributed by atoms with E-state index < -0.39 is 39.1 Å². The van der Waals surface area contributed by atoms with Gasteiger partial charge in [-0.25, -0.2) is 17.5 Å². The molecule has 1 aliphatic rings. The predicted molar refractivity (Wildman–Crippen MR) is 111 cm³/mol. The molecule has 174 valence electrons. The molecule has 2 aromatic rings. The molecule has 1 amide bonds. The Balaban J connectivity index is 1.62. The molecule has 32 heavy (non-hydrogen) atoms. The number of sulfonamides is 1. The Hall–Kier alpha value is -2.53. The molecule has 0 spiro atoms. The van der Waals surface area contributed by atoms with E-state index in [4.69, 9.17) is 16.3 Å². The Labute approximate surface area is 187 Å². The van der Waals surface area contributed by atoms with E-state index in [-0.39, 0.29) is 16.9 Å². The molecule has 1 saturated heterocycles. The van der Waals surface area contributed by atoms with E-state index in [0.29, 0.717) is 31.6 Å². The molecule has 3 rings (SSSR count). The number of nitrogens with zero attached hydrogens (tertiary/aromatic N) is 1. The van der Waals surface area contributed by atoms with Gasteiger partial charge in [-0.2, -0.15) is 13.2 Å².